The van der Waals surface area contributed by atoms with Gasteiger partial charge in [-0.25, -0.2) is 22.0 Å². The second-order valence-electron chi connectivity index (χ2n) is 7.10. The zero-order chi connectivity index (χ0) is 19.9. The molecule has 0 fully saturated rings. The number of fused-ring (bicyclic) bond motifs is 1. The Bertz CT molecular complexity index is 826. The largest absolute Gasteiger partial charge is 0.269 e. The summed E-state index contributed by atoms with van der Waals surface area (Å²) >= 11 is 1.50. The lowest BCUT2D eigenvalue weighted by atomic mass is 9.82. The summed E-state index contributed by atoms with van der Waals surface area (Å²) in [5.74, 6) is -2.88. The van der Waals surface area contributed by atoms with Gasteiger partial charge in [-0.3, -0.25) is 0 Å². The second-order valence-corrected chi connectivity index (χ2v) is 8.32. The van der Waals surface area contributed by atoms with E-state index in [1.165, 1.54) is 17.8 Å². The van der Waals surface area contributed by atoms with Gasteiger partial charge in [-0.2, -0.15) is 0 Å². The van der Waals surface area contributed by atoms with Crippen LogP contribution in [0, 0.1) is 24.4 Å². The summed E-state index contributed by atoms with van der Waals surface area (Å²) in [6.45, 7) is 5.61. The summed E-state index contributed by atoms with van der Waals surface area (Å²) in [5, 5.41) is -0.0441. The van der Waals surface area contributed by atoms with Crippen LogP contribution in [0.3, 0.4) is 0 Å². The van der Waals surface area contributed by atoms with Gasteiger partial charge in [-0.1, -0.05) is 26.3 Å². The first-order valence-electron chi connectivity index (χ1n) is 8.98. The monoisotopic (exact) mass is 400 g/mol. The maximum absolute atomic E-state index is 14.0. The highest BCUT2D eigenvalue weighted by Crippen LogP contribution is 2.53. The number of hydrogen-bond donors (Lipinski definition) is 0. The maximum Gasteiger partial charge on any atom is 0.269 e. The van der Waals surface area contributed by atoms with Crippen molar-refractivity contribution in [3.63, 3.8) is 0 Å². The second kappa shape index (κ2) is 7.82. The third kappa shape index (κ3) is 3.73. The molecular weight excluding hydrogens is 379 g/mol. The Morgan fingerprint density at radius 3 is 2.19 bits per heavy atom. The first-order chi connectivity index (χ1) is 12.7. The molecule has 0 saturated heterocycles. The van der Waals surface area contributed by atoms with Crippen molar-refractivity contribution < 1.29 is 22.0 Å². The average molecular weight is 400 g/mol. The number of aryl methyl sites for hydroxylation is 1. The molecule has 1 aliphatic heterocycles. The van der Waals surface area contributed by atoms with E-state index in [0.29, 0.717) is 11.1 Å². The van der Waals surface area contributed by atoms with Crippen LogP contribution in [0.5, 0.6) is 0 Å². The lowest BCUT2D eigenvalue weighted by Gasteiger charge is -2.26. The van der Waals surface area contributed by atoms with E-state index in [0.717, 1.165) is 35.4 Å². The molecule has 0 bridgehead atoms. The van der Waals surface area contributed by atoms with Crippen molar-refractivity contribution in [2.75, 3.05) is 0 Å². The predicted octanol–water partition coefficient (Wildman–Crippen LogP) is 7.51. The molecule has 2 aromatic rings. The molecule has 3 rings (SSSR count). The summed E-state index contributed by atoms with van der Waals surface area (Å²) in [6.07, 6.45) is -1.42. The number of halogens is 5. The molecule has 3 unspecified atom stereocenters. The third-order valence-electron chi connectivity index (χ3n) is 5.29. The fourth-order valence-corrected chi connectivity index (χ4v) is 5.45. The van der Waals surface area contributed by atoms with Gasteiger partial charge in [-0.05, 0) is 60.1 Å². The predicted molar refractivity (Wildman–Crippen MR) is 98.2 cm³/mol. The molecule has 0 nitrogen and oxygen atoms in total. The Morgan fingerprint density at radius 1 is 1.00 bits per heavy atom. The topological polar surface area (TPSA) is 0 Å². The molecule has 2 aromatic carbocycles. The van der Waals surface area contributed by atoms with Gasteiger partial charge in [-0.15, -0.1) is 11.8 Å². The van der Waals surface area contributed by atoms with E-state index in [-0.39, 0.29) is 22.9 Å². The fourth-order valence-electron chi connectivity index (χ4n) is 3.83. The van der Waals surface area contributed by atoms with E-state index in [4.69, 9.17) is 0 Å². The summed E-state index contributed by atoms with van der Waals surface area (Å²) in [4.78, 5) is 0.846. The van der Waals surface area contributed by atoms with Crippen LogP contribution in [0.4, 0.5) is 22.0 Å². The molecular formula is C21H21F5S. The number of thioether (sulfide) groups is 1. The molecule has 0 radical (unpaired) electrons. The van der Waals surface area contributed by atoms with Crippen molar-refractivity contribution in [3.05, 3.63) is 64.0 Å². The van der Waals surface area contributed by atoms with E-state index in [1.54, 1.807) is 6.92 Å². The Hall–Kier alpha value is -1.56. The zero-order valence-electron chi connectivity index (χ0n) is 15.3. The van der Waals surface area contributed by atoms with Gasteiger partial charge in [0.2, 0.25) is 0 Å². The van der Waals surface area contributed by atoms with Gasteiger partial charge in [0.15, 0.2) is 0 Å². The van der Waals surface area contributed by atoms with Crippen molar-refractivity contribution in [2.45, 2.75) is 62.0 Å². The normalized spacial score (nSPS) is 20.2. The molecule has 146 valence electrons. The minimum atomic E-state index is -3.20. The highest BCUT2D eigenvalue weighted by Gasteiger charge is 2.38. The maximum atomic E-state index is 14.0. The smallest absolute Gasteiger partial charge is 0.207 e. The number of benzene rings is 2. The Morgan fingerprint density at radius 2 is 1.63 bits per heavy atom. The molecule has 0 amide bonds. The molecule has 0 aromatic heterocycles. The summed E-state index contributed by atoms with van der Waals surface area (Å²) in [6, 6.07) is 5.39. The van der Waals surface area contributed by atoms with Crippen LogP contribution in [0.1, 0.15) is 67.2 Å². The molecule has 3 atom stereocenters. The first-order valence-corrected chi connectivity index (χ1v) is 9.86. The van der Waals surface area contributed by atoms with Gasteiger partial charge in [0, 0.05) is 10.1 Å². The van der Waals surface area contributed by atoms with Crippen LogP contribution in [0.25, 0.3) is 0 Å². The third-order valence-corrected chi connectivity index (χ3v) is 6.90. The summed E-state index contributed by atoms with van der Waals surface area (Å²) in [7, 11) is 0. The van der Waals surface area contributed by atoms with Crippen LogP contribution in [0.2, 0.25) is 0 Å². The van der Waals surface area contributed by atoms with Gasteiger partial charge in [0.25, 0.3) is 6.43 Å². The Labute approximate surface area is 160 Å². The standard InChI is InChI=1S/C21H21F5S/c1-4-5-13-14-6-10(2)15(22)9-18(14)27-20(13)11(3)12-7-16(23)19(21(25)26)17(24)8-12/h6-9,11,13,20-21H,4-5H2,1-3H3. The SMILES string of the molecule is CCCC1c2cc(C)c(F)cc2SC1C(C)c1cc(F)c(C(F)F)c(F)c1. The van der Waals surface area contributed by atoms with Gasteiger partial charge < -0.3 is 0 Å². The van der Waals surface area contributed by atoms with E-state index >= 15 is 0 Å². The molecule has 0 saturated carbocycles. The van der Waals surface area contributed by atoms with Crippen LogP contribution in [0.15, 0.2) is 29.2 Å². The lowest BCUT2D eigenvalue weighted by molar-refractivity contribution is 0.141. The van der Waals surface area contributed by atoms with Gasteiger partial charge in [0.1, 0.15) is 17.5 Å². The number of alkyl halides is 2. The average Bonchev–Trinajstić information content (AvgIpc) is 2.91. The van der Waals surface area contributed by atoms with E-state index < -0.39 is 23.6 Å². The number of hydrogen-bond acceptors (Lipinski definition) is 1. The van der Waals surface area contributed by atoms with Crippen LogP contribution >= 0.6 is 11.8 Å². The van der Waals surface area contributed by atoms with Crippen LogP contribution in [-0.2, 0) is 0 Å². The molecule has 6 heteroatoms. The quantitative estimate of drug-likeness (QED) is 0.468. The van der Waals surface area contributed by atoms with Crippen molar-refractivity contribution in [1.29, 1.82) is 0 Å². The Kier molecular flexibility index (Phi) is 5.84. The van der Waals surface area contributed by atoms with Crippen molar-refractivity contribution in [2.24, 2.45) is 0 Å². The minimum Gasteiger partial charge on any atom is -0.207 e. The number of rotatable bonds is 5. The summed E-state index contributed by atoms with van der Waals surface area (Å²) < 4.78 is 67.7. The molecule has 0 N–H and O–H groups in total. The zero-order valence-corrected chi connectivity index (χ0v) is 16.1. The Balaban J connectivity index is 1.98. The highest BCUT2D eigenvalue weighted by atomic mass is 32.2. The molecule has 1 heterocycles. The highest BCUT2D eigenvalue weighted by molar-refractivity contribution is 8.00. The minimum absolute atomic E-state index is 0.0441. The molecule has 0 aliphatic carbocycles. The van der Waals surface area contributed by atoms with E-state index in [9.17, 15) is 22.0 Å². The van der Waals surface area contributed by atoms with E-state index in [2.05, 4.69) is 6.92 Å². The molecule has 27 heavy (non-hydrogen) atoms. The van der Waals surface area contributed by atoms with Gasteiger partial charge >= 0.3 is 0 Å². The fraction of sp³-hybridized carbons (Fsp3) is 0.429. The van der Waals surface area contributed by atoms with Crippen molar-refractivity contribution in [1.82, 2.24) is 0 Å². The van der Waals surface area contributed by atoms with Crippen molar-refractivity contribution in [3.8, 4) is 0 Å². The van der Waals surface area contributed by atoms with Crippen molar-refractivity contribution >= 4 is 11.8 Å². The molecule has 0 spiro atoms. The van der Waals surface area contributed by atoms with Crippen LogP contribution in [-0.4, -0.2) is 5.25 Å². The molecule has 1 aliphatic rings. The van der Waals surface area contributed by atoms with E-state index in [1.807, 2.05) is 13.0 Å². The summed E-state index contributed by atoms with van der Waals surface area (Å²) in [5.41, 5.74) is 0.791. The van der Waals surface area contributed by atoms with Crippen LogP contribution < -0.4 is 0 Å². The first kappa shape index (κ1) is 20.2. The lowest BCUT2D eigenvalue weighted by Crippen LogP contribution is -2.18. The van der Waals surface area contributed by atoms with Gasteiger partial charge in [0.05, 0.1) is 5.56 Å².